The Bertz CT molecular complexity index is 1820. The standard InChI is InChI=1S/C31H37BN4O6S/c1-18-9-12-24(32-41-30(4,5)31(6,7)42-32)25(13-18)43(39,40)26-16-34-28-27(35-26)23(15-33-28)21-10-11-22(19(2)14-21)29(38)36(8)17-20(3)37/h9-16,20,37H,17H2,1-8H3,(H,33,34)/t20-/m0/s1. The highest BCUT2D eigenvalue weighted by Crippen LogP contribution is 2.37. The summed E-state index contributed by atoms with van der Waals surface area (Å²) in [6, 6.07) is 10.5. The first-order chi connectivity index (χ1) is 20.0. The molecule has 5 rings (SSSR count). The van der Waals surface area contributed by atoms with Crippen LogP contribution >= 0.6 is 0 Å². The first-order valence-electron chi connectivity index (χ1n) is 14.1. The fourth-order valence-corrected chi connectivity index (χ4v) is 6.58. The predicted octanol–water partition coefficient (Wildman–Crippen LogP) is 3.83. The van der Waals surface area contributed by atoms with E-state index in [1.165, 1.54) is 11.1 Å². The molecule has 43 heavy (non-hydrogen) atoms. The highest BCUT2D eigenvalue weighted by atomic mass is 32.2. The highest BCUT2D eigenvalue weighted by Gasteiger charge is 2.53. The Kier molecular flexibility index (Phi) is 7.79. The van der Waals surface area contributed by atoms with Gasteiger partial charge in [0.15, 0.2) is 10.7 Å². The number of H-pyrrole nitrogens is 1. The van der Waals surface area contributed by atoms with E-state index in [2.05, 4.69) is 15.0 Å². The van der Waals surface area contributed by atoms with Gasteiger partial charge in [0.05, 0.1) is 28.4 Å². The molecule has 2 aromatic carbocycles. The molecule has 1 atom stereocenters. The van der Waals surface area contributed by atoms with E-state index in [9.17, 15) is 18.3 Å². The first-order valence-corrected chi connectivity index (χ1v) is 15.6. The average Bonchev–Trinajstić information content (AvgIpc) is 3.44. The number of amides is 1. The number of hydrogen-bond acceptors (Lipinski definition) is 8. The normalized spacial score (nSPS) is 16.9. The lowest BCUT2D eigenvalue weighted by Crippen LogP contribution is -2.41. The van der Waals surface area contributed by atoms with Crippen molar-refractivity contribution in [2.45, 2.75) is 75.7 Å². The quantitative estimate of drug-likeness (QED) is 0.304. The molecule has 3 heterocycles. The Morgan fingerprint density at radius 1 is 1.09 bits per heavy atom. The number of hydrogen-bond donors (Lipinski definition) is 2. The number of nitrogens with one attached hydrogen (secondary N) is 1. The molecule has 0 radical (unpaired) electrons. The maximum Gasteiger partial charge on any atom is 0.496 e. The number of aromatic nitrogens is 3. The van der Waals surface area contributed by atoms with Crippen molar-refractivity contribution < 1.29 is 27.6 Å². The first kappa shape index (κ1) is 30.9. The number of sulfone groups is 1. The number of fused-ring (bicyclic) bond motifs is 1. The summed E-state index contributed by atoms with van der Waals surface area (Å²) in [5.74, 6) is -0.201. The lowest BCUT2D eigenvalue weighted by atomic mass is 9.79. The third kappa shape index (κ3) is 5.60. The lowest BCUT2D eigenvalue weighted by molar-refractivity contribution is 0.00578. The molecule has 1 saturated heterocycles. The van der Waals surface area contributed by atoms with Crippen molar-refractivity contribution in [2.24, 2.45) is 0 Å². The third-order valence-electron chi connectivity index (χ3n) is 8.25. The van der Waals surface area contributed by atoms with E-state index in [0.29, 0.717) is 27.8 Å². The Morgan fingerprint density at radius 3 is 2.40 bits per heavy atom. The summed E-state index contributed by atoms with van der Waals surface area (Å²) < 4.78 is 40.7. The van der Waals surface area contributed by atoms with Crippen LogP contribution in [0.15, 0.2) is 58.7 Å². The Hall–Kier alpha value is -3.58. The van der Waals surface area contributed by atoms with Crippen molar-refractivity contribution in [1.82, 2.24) is 19.9 Å². The molecule has 10 nitrogen and oxygen atoms in total. The summed E-state index contributed by atoms with van der Waals surface area (Å²) in [5, 5.41) is 9.47. The van der Waals surface area contributed by atoms with E-state index in [1.807, 2.05) is 53.7 Å². The maximum atomic E-state index is 14.1. The Labute approximate surface area is 252 Å². The number of aryl methyl sites for hydroxylation is 2. The van der Waals surface area contributed by atoms with Crippen LogP contribution in [0, 0.1) is 13.8 Å². The molecule has 2 N–H and O–H groups in total. The molecule has 1 aliphatic rings. The van der Waals surface area contributed by atoms with Gasteiger partial charge in [0.25, 0.3) is 5.91 Å². The predicted molar refractivity (Wildman–Crippen MR) is 165 cm³/mol. The van der Waals surface area contributed by atoms with Crippen LogP contribution in [0.25, 0.3) is 22.3 Å². The Balaban J connectivity index is 1.54. The van der Waals surface area contributed by atoms with Crippen LogP contribution in [-0.2, 0) is 19.1 Å². The average molecular weight is 605 g/mol. The summed E-state index contributed by atoms with van der Waals surface area (Å²) >= 11 is 0. The van der Waals surface area contributed by atoms with Gasteiger partial charge in [0, 0.05) is 36.4 Å². The largest absolute Gasteiger partial charge is 0.496 e. The summed E-state index contributed by atoms with van der Waals surface area (Å²) in [5.41, 5.74) is 3.32. The molecular weight excluding hydrogens is 567 g/mol. The number of carbonyl (C=O) groups excluding carboxylic acids is 1. The van der Waals surface area contributed by atoms with Crippen molar-refractivity contribution in [1.29, 1.82) is 0 Å². The van der Waals surface area contributed by atoms with Gasteiger partial charge in [0.1, 0.15) is 5.52 Å². The van der Waals surface area contributed by atoms with Crippen LogP contribution in [0.5, 0.6) is 0 Å². The number of aromatic amines is 1. The van der Waals surface area contributed by atoms with Crippen LogP contribution in [-0.4, -0.2) is 77.3 Å². The lowest BCUT2D eigenvalue weighted by Gasteiger charge is -2.32. The second kappa shape index (κ2) is 10.9. The zero-order valence-corrected chi connectivity index (χ0v) is 26.5. The molecular formula is C31H37BN4O6S. The van der Waals surface area contributed by atoms with E-state index in [4.69, 9.17) is 9.31 Å². The number of aliphatic hydroxyl groups is 1. The van der Waals surface area contributed by atoms with Crippen molar-refractivity contribution in [3.05, 3.63) is 65.5 Å². The van der Waals surface area contributed by atoms with E-state index >= 15 is 0 Å². The smallest absolute Gasteiger partial charge is 0.399 e. The zero-order chi connectivity index (χ0) is 31.5. The van der Waals surface area contributed by atoms with Crippen LogP contribution in [0.3, 0.4) is 0 Å². The molecule has 0 spiro atoms. The van der Waals surface area contributed by atoms with Gasteiger partial charge in [-0.05, 0) is 77.3 Å². The number of nitrogens with zero attached hydrogens (tertiary/aromatic N) is 3. The zero-order valence-electron chi connectivity index (χ0n) is 25.7. The molecule has 1 fully saturated rings. The highest BCUT2D eigenvalue weighted by molar-refractivity contribution is 7.91. The van der Waals surface area contributed by atoms with Crippen molar-refractivity contribution in [2.75, 3.05) is 13.6 Å². The van der Waals surface area contributed by atoms with Crippen LogP contribution in [0.1, 0.15) is 56.1 Å². The summed E-state index contributed by atoms with van der Waals surface area (Å²) in [6.07, 6.45) is 2.33. The molecule has 226 valence electrons. The number of rotatable bonds is 7. The van der Waals surface area contributed by atoms with Gasteiger partial charge in [-0.3, -0.25) is 4.79 Å². The molecule has 1 aliphatic heterocycles. The van der Waals surface area contributed by atoms with Crippen molar-refractivity contribution in [3.63, 3.8) is 0 Å². The van der Waals surface area contributed by atoms with Crippen molar-refractivity contribution in [3.8, 4) is 11.1 Å². The van der Waals surface area contributed by atoms with Crippen LogP contribution in [0.2, 0.25) is 0 Å². The number of likely N-dealkylation sites (N-methyl/N-ethyl adjacent to an activating group) is 1. The summed E-state index contributed by atoms with van der Waals surface area (Å²) in [7, 11) is -3.37. The second-order valence-electron chi connectivity index (χ2n) is 12.3. The van der Waals surface area contributed by atoms with Gasteiger partial charge in [-0.25, -0.2) is 18.4 Å². The van der Waals surface area contributed by atoms with Gasteiger partial charge in [-0.1, -0.05) is 24.3 Å². The third-order valence-corrected chi connectivity index (χ3v) is 9.93. The van der Waals surface area contributed by atoms with Gasteiger partial charge < -0.3 is 24.3 Å². The van der Waals surface area contributed by atoms with Gasteiger partial charge in [-0.2, -0.15) is 0 Å². The topological polar surface area (TPSA) is 135 Å². The molecule has 2 aromatic heterocycles. The summed E-state index contributed by atoms with van der Waals surface area (Å²) in [6.45, 7) is 13.2. The van der Waals surface area contributed by atoms with Crippen LogP contribution in [0.4, 0.5) is 0 Å². The van der Waals surface area contributed by atoms with Gasteiger partial charge >= 0.3 is 7.12 Å². The monoisotopic (exact) mass is 604 g/mol. The minimum Gasteiger partial charge on any atom is -0.399 e. The molecule has 0 unspecified atom stereocenters. The molecule has 0 aliphatic carbocycles. The number of carbonyl (C=O) groups is 1. The minimum absolute atomic E-state index is 0.0526. The van der Waals surface area contributed by atoms with Gasteiger partial charge in [0.2, 0.25) is 9.84 Å². The molecule has 12 heteroatoms. The SMILES string of the molecule is Cc1ccc(B2OC(C)(C)C(C)(C)O2)c(S(=O)(=O)c2cnc3[nH]cc(-c4ccc(C(=O)N(C)C[C@H](C)O)c(C)c4)c3n2)c1. The minimum atomic E-state index is -4.14. The maximum absolute atomic E-state index is 14.1. The fraction of sp³-hybridized carbons (Fsp3) is 0.387. The fourth-order valence-electron chi connectivity index (χ4n) is 5.13. The molecule has 1 amide bonds. The van der Waals surface area contributed by atoms with Crippen molar-refractivity contribution >= 4 is 39.5 Å². The number of aliphatic hydroxyl groups excluding tert-OH is 1. The van der Waals surface area contributed by atoms with Crippen LogP contribution < -0.4 is 5.46 Å². The van der Waals surface area contributed by atoms with E-state index in [1.54, 1.807) is 44.4 Å². The van der Waals surface area contributed by atoms with E-state index < -0.39 is 34.3 Å². The second-order valence-corrected chi connectivity index (χ2v) is 14.2. The number of benzene rings is 2. The molecule has 0 saturated carbocycles. The van der Waals surface area contributed by atoms with E-state index in [0.717, 1.165) is 16.7 Å². The van der Waals surface area contributed by atoms with E-state index in [-0.39, 0.29) is 22.4 Å². The molecule has 4 aromatic rings. The molecule has 0 bridgehead atoms. The Morgan fingerprint density at radius 2 is 1.77 bits per heavy atom. The summed E-state index contributed by atoms with van der Waals surface area (Å²) in [4.78, 5) is 26.5. The van der Waals surface area contributed by atoms with Gasteiger partial charge in [-0.15, -0.1) is 0 Å².